The molecule has 2 aromatic rings. The Labute approximate surface area is 105 Å². The maximum Gasteiger partial charge on any atom is 0.273 e. The summed E-state index contributed by atoms with van der Waals surface area (Å²) in [5, 5.41) is 10.5. The molecule has 0 saturated heterocycles. The highest BCUT2D eigenvalue weighted by atomic mass is 16.5. The molecule has 0 unspecified atom stereocenters. The molecule has 0 aliphatic carbocycles. The summed E-state index contributed by atoms with van der Waals surface area (Å²) in [6.45, 7) is 0.444. The van der Waals surface area contributed by atoms with Gasteiger partial charge in [-0.15, -0.1) is 5.10 Å². The summed E-state index contributed by atoms with van der Waals surface area (Å²) in [5.41, 5.74) is 1.30. The third-order valence-electron chi connectivity index (χ3n) is 2.44. The fourth-order valence-corrected chi connectivity index (χ4v) is 1.47. The van der Waals surface area contributed by atoms with E-state index in [1.165, 1.54) is 11.0 Å². The van der Waals surface area contributed by atoms with Crippen LogP contribution >= 0.6 is 0 Å². The van der Waals surface area contributed by atoms with Crippen LogP contribution in [0, 0.1) is 0 Å². The highest BCUT2D eigenvalue weighted by Gasteiger charge is 2.08. The topological polar surface area (TPSA) is 69.0 Å². The van der Waals surface area contributed by atoms with Crippen LogP contribution in [-0.2, 0) is 13.6 Å². The third kappa shape index (κ3) is 2.85. The lowest BCUT2D eigenvalue weighted by Crippen LogP contribution is -2.23. The van der Waals surface area contributed by atoms with E-state index in [0.717, 1.165) is 11.3 Å². The van der Waals surface area contributed by atoms with E-state index in [1.54, 1.807) is 14.2 Å². The first-order valence-electron chi connectivity index (χ1n) is 5.46. The van der Waals surface area contributed by atoms with Crippen LogP contribution in [0.5, 0.6) is 5.75 Å². The van der Waals surface area contributed by atoms with Gasteiger partial charge in [0.1, 0.15) is 5.75 Å². The summed E-state index contributed by atoms with van der Waals surface area (Å²) < 4.78 is 5.06. The van der Waals surface area contributed by atoms with Crippen LogP contribution in [0.25, 0.3) is 0 Å². The summed E-state index contributed by atoms with van der Waals surface area (Å²) in [5.74, 6) is 0.554. The number of carbonyl (C=O) groups is 1. The molecule has 1 aromatic carbocycles. The van der Waals surface area contributed by atoms with E-state index in [1.807, 2.05) is 24.3 Å². The van der Waals surface area contributed by atoms with Crippen molar-refractivity contribution in [1.82, 2.24) is 20.3 Å². The van der Waals surface area contributed by atoms with Crippen molar-refractivity contribution in [3.05, 3.63) is 41.7 Å². The van der Waals surface area contributed by atoms with Gasteiger partial charge in [-0.1, -0.05) is 12.1 Å². The minimum absolute atomic E-state index is 0.237. The van der Waals surface area contributed by atoms with Crippen LogP contribution in [0.15, 0.2) is 30.5 Å². The average Bonchev–Trinajstić information content (AvgIpc) is 2.83. The lowest BCUT2D eigenvalue weighted by Gasteiger charge is -2.04. The van der Waals surface area contributed by atoms with Crippen molar-refractivity contribution in [2.75, 3.05) is 7.11 Å². The zero-order valence-electron chi connectivity index (χ0n) is 10.3. The largest absolute Gasteiger partial charge is 0.497 e. The Morgan fingerprint density at radius 2 is 2.11 bits per heavy atom. The number of benzene rings is 1. The van der Waals surface area contributed by atoms with E-state index in [9.17, 15) is 4.79 Å². The Morgan fingerprint density at radius 3 is 2.67 bits per heavy atom. The Kier molecular flexibility index (Phi) is 3.57. The highest BCUT2D eigenvalue weighted by Crippen LogP contribution is 2.10. The van der Waals surface area contributed by atoms with Gasteiger partial charge >= 0.3 is 0 Å². The summed E-state index contributed by atoms with van der Waals surface area (Å²) >= 11 is 0. The molecule has 0 atom stereocenters. The van der Waals surface area contributed by atoms with Gasteiger partial charge in [0.15, 0.2) is 5.69 Å². The second-order valence-electron chi connectivity index (χ2n) is 3.75. The average molecular weight is 246 g/mol. The first kappa shape index (κ1) is 12.1. The standard InChI is InChI=1S/C12H14N4O2/c1-16-14-8-11(15-16)12(17)13-7-9-3-5-10(18-2)6-4-9/h3-6,8H,7H2,1-2H3,(H,13,17). The lowest BCUT2D eigenvalue weighted by atomic mass is 10.2. The number of aromatic nitrogens is 3. The number of hydrogen-bond donors (Lipinski definition) is 1. The predicted octanol–water partition coefficient (Wildman–Crippen LogP) is 0.754. The molecule has 1 aromatic heterocycles. The molecule has 0 fully saturated rings. The van der Waals surface area contributed by atoms with Gasteiger partial charge in [-0.05, 0) is 17.7 Å². The predicted molar refractivity (Wildman–Crippen MR) is 65.2 cm³/mol. The van der Waals surface area contributed by atoms with Crippen molar-refractivity contribution in [3.8, 4) is 5.75 Å². The zero-order valence-corrected chi connectivity index (χ0v) is 10.3. The molecule has 1 heterocycles. The molecule has 1 N–H and O–H groups in total. The molecule has 0 bridgehead atoms. The number of aryl methyl sites for hydroxylation is 1. The highest BCUT2D eigenvalue weighted by molar-refractivity contribution is 5.91. The van der Waals surface area contributed by atoms with Crippen molar-refractivity contribution in [1.29, 1.82) is 0 Å². The maximum absolute atomic E-state index is 11.7. The van der Waals surface area contributed by atoms with Crippen molar-refractivity contribution in [3.63, 3.8) is 0 Å². The molecule has 0 spiro atoms. The van der Waals surface area contributed by atoms with Crippen molar-refractivity contribution in [2.24, 2.45) is 7.05 Å². The number of carbonyl (C=O) groups excluding carboxylic acids is 1. The number of ether oxygens (including phenoxy) is 1. The molecule has 18 heavy (non-hydrogen) atoms. The van der Waals surface area contributed by atoms with Gasteiger partial charge in [-0.2, -0.15) is 9.90 Å². The summed E-state index contributed by atoms with van der Waals surface area (Å²) in [4.78, 5) is 13.1. The molecule has 6 nitrogen and oxygen atoms in total. The van der Waals surface area contributed by atoms with E-state index < -0.39 is 0 Å². The molecule has 0 radical (unpaired) electrons. The van der Waals surface area contributed by atoms with Crippen LogP contribution in [0.3, 0.4) is 0 Å². The number of nitrogens with zero attached hydrogens (tertiary/aromatic N) is 3. The van der Waals surface area contributed by atoms with Crippen LogP contribution in [-0.4, -0.2) is 28.0 Å². The maximum atomic E-state index is 11.7. The Morgan fingerprint density at radius 1 is 1.39 bits per heavy atom. The fraction of sp³-hybridized carbons (Fsp3) is 0.250. The van der Waals surface area contributed by atoms with Gasteiger partial charge in [-0.25, -0.2) is 0 Å². The Balaban J connectivity index is 1.92. The first-order valence-corrected chi connectivity index (χ1v) is 5.46. The van der Waals surface area contributed by atoms with Gasteiger partial charge in [0.05, 0.1) is 13.3 Å². The SMILES string of the molecule is COc1ccc(CNC(=O)c2cnn(C)n2)cc1. The number of hydrogen-bond acceptors (Lipinski definition) is 4. The molecule has 0 aliphatic rings. The van der Waals surface area contributed by atoms with Crippen molar-refractivity contribution >= 4 is 5.91 Å². The Hall–Kier alpha value is -2.37. The molecular formula is C12H14N4O2. The zero-order chi connectivity index (χ0) is 13.0. The molecular weight excluding hydrogens is 232 g/mol. The first-order chi connectivity index (χ1) is 8.69. The second kappa shape index (κ2) is 5.31. The number of nitrogens with one attached hydrogen (secondary N) is 1. The summed E-state index contributed by atoms with van der Waals surface area (Å²) in [6.07, 6.45) is 1.43. The lowest BCUT2D eigenvalue weighted by molar-refractivity contribution is 0.0945. The number of amides is 1. The van der Waals surface area contributed by atoms with E-state index in [-0.39, 0.29) is 5.91 Å². The fourth-order valence-electron chi connectivity index (χ4n) is 1.47. The van der Waals surface area contributed by atoms with Gasteiger partial charge < -0.3 is 10.1 Å². The second-order valence-corrected chi connectivity index (χ2v) is 3.75. The van der Waals surface area contributed by atoms with Gasteiger partial charge in [0.25, 0.3) is 5.91 Å². The van der Waals surface area contributed by atoms with E-state index in [4.69, 9.17) is 4.74 Å². The van der Waals surface area contributed by atoms with Gasteiger partial charge in [-0.3, -0.25) is 4.79 Å². The molecule has 1 amide bonds. The van der Waals surface area contributed by atoms with Crippen molar-refractivity contribution in [2.45, 2.75) is 6.54 Å². The van der Waals surface area contributed by atoms with Crippen LogP contribution in [0.1, 0.15) is 16.1 Å². The van der Waals surface area contributed by atoms with Crippen molar-refractivity contribution < 1.29 is 9.53 Å². The molecule has 0 saturated carbocycles. The smallest absolute Gasteiger partial charge is 0.273 e. The van der Waals surface area contributed by atoms with E-state index in [0.29, 0.717) is 12.2 Å². The number of rotatable bonds is 4. The minimum Gasteiger partial charge on any atom is -0.497 e. The third-order valence-corrected chi connectivity index (χ3v) is 2.44. The summed E-state index contributed by atoms with van der Waals surface area (Å²) in [7, 11) is 3.28. The quantitative estimate of drug-likeness (QED) is 0.864. The molecule has 94 valence electrons. The van der Waals surface area contributed by atoms with Crippen LogP contribution in [0.4, 0.5) is 0 Å². The van der Waals surface area contributed by atoms with E-state index in [2.05, 4.69) is 15.5 Å². The normalized spacial score (nSPS) is 10.1. The van der Waals surface area contributed by atoms with Gasteiger partial charge in [0.2, 0.25) is 0 Å². The Bertz CT molecular complexity index is 533. The minimum atomic E-state index is -0.237. The van der Waals surface area contributed by atoms with Crippen LogP contribution in [0.2, 0.25) is 0 Å². The number of methoxy groups -OCH3 is 1. The van der Waals surface area contributed by atoms with Crippen LogP contribution < -0.4 is 10.1 Å². The molecule has 2 rings (SSSR count). The van der Waals surface area contributed by atoms with Gasteiger partial charge in [0, 0.05) is 13.6 Å². The van der Waals surface area contributed by atoms with E-state index >= 15 is 0 Å². The summed E-state index contributed by atoms with van der Waals surface area (Å²) in [6, 6.07) is 7.50. The monoisotopic (exact) mass is 246 g/mol. The molecule has 6 heteroatoms. The molecule has 0 aliphatic heterocycles.